The molecule has 120 valence electrons. The molecule has 0 fully saturated rings. The highest BCUT2D eigenvalue weighted by molar-refractivity contribution is 14.0. The van der Waals surface area contributed by atoms with Crippen LogP contribution in [-0.4, -0.2) is 58.2 Å². The van der Waals surface area contributed by atoms with Crippen molar-refractivity contribution in [3.05, 3.63) is 22.2 Å². The van der Waals surface area contributed by atoms with E-state index in [2.05, 4.69) is 20.9 Å². The van der Waals surface area contributed by atoms with Gasteiger partial charge in [0.1, 0.15) is 0 Å². The second-order valence-corrected chi connectivity index (χ2v) is 5.57. The lowest BCUT2D eigenvalue weighted by molar-refractivity contribution is 0.352. The van der Waals surface area contributed by atoms with Crippen LogP contribution in [0.5, 0.6) is 11.5 Å². The summed E-state index contributed by atoms with van der Waals surface area (Å²) in [7, 11) is 11.2. The van der Waals surface area contributed by atoms with Crippen LogP contribution < -0.4 is 9.47 Å². The van der Waals surface area contributed by atoms with Crippen molar-refractivity contribution >= 4 is 45.9 Å². The van der Waals surface area contributed by atoms with E-state index in [0.717, 1.165) is 16.0 Å². The van der Waals surface area contributed by atoms with Gasteiger partial charge in [-0.15, -0.1) is 24.0 Å². The van der Waals surface area contributed by atoms with Crippen LogP contribution in [0.25, 0.3) is 0 Å². The third-order valence-corrected chi connectivity index (χ3v) is 3.29. The van der Waals surface area contributed by atoms with Gasteiger partial charge in [-0.2, -0.15) is 0 Å². The van der Waals surface area contributed by atoms with Crippen molar-refractivity contribution in [2.24, 2.45) is 4.99 Å². The van der Waals surface area contributed by atoms with Gasteiger partial charge in [0.05, 0.1) is 25.2 Å². The summed E-state index contributed by atoms with van der Waals surface area (Å²) in [5.74, 6) is 2.31. The molecule has 0 aliphatic heterocycles. The van der Waals surface area contributed by atoms with Crippen molar-refractivity contribution in [1.29, 1.82) is 0 Å². The fourth-order valence-corrected chi connectivity index (χ4v) is 2.56. The Morgan fingerprint density at radius 1 is 1.10 bits per heavy atom. The van der Waals surface area contributed by atoms with E-state index in [1.807, 2.05) is 50.1 Å². The molecular formula is C14H23BrIN3O2. The highest BCUT2D eigenvalue weighted by atomic mass is 127. The molecule has 0 N–H and O–H groups in total. The van der Waals surface area contributed by atoms with Gasteiger partial charge in [-0.05, 0) is 33.6 Å². The third-order valence-electron chi connectivity index (χ3n) is 2.70. The molecule has 1 rings (SSSR count). The summed E-state index contributed by atoms with van der Waals surface area (Å²) in [5.41, 5.74) is 1.05. The van der Waals surface area contributed by atoms with Gasteiger partial charge < -0.3 is 19.3 Å². The molecule has 0 radical (unpaired) electrons. The molecule has 0 aliphatic carbocycles. The highest BCUT2D eigenvalue weighted by Crippen LogP contribution is 2.36. The van der Waals surface area contributed by atoms with E-state index >= 15 is 0 Å². The maximum absolute atomic E-state index is 5.34. The predicted molar refractivity (Wildman–Crippen MR) is 101 cm³/mol. The zero-order chi connectivity index (χ0) is 15.3. The van der Waals surface area contributed by atoms with Crippen LogP contribution in [0, 0.1) is 0 Å². The standard InChI is InChI=1S/C14H22BrN3O2.HI/c1-17(2)14(18(3)4)16-9-10-7-11(15)13(20-6)12(8-10)19-5;/h7-8H,9H2,1-6H3;1H. The molecular weight excluding hydrogens is 449 g/mol. The minimum absolute atomic E-state index is 0. The van der Waals surface area contributed by atoms with Crippen molar-refractivity contribution in [2.75, 3.05) is 42.4 Å². The van der Waals surface area contributed by atoms with Gasteiger partial charge in [-0.3, -0.25) is 0 Å². The molecule has 1 aromatic carbocycles. The van der Waals surface area contributed by atoms with Gasteiger partial charge in [-0.25, -0.2) is 4.99 Å². The smallest absolute Gasteiger partial charge is 0.195 e. The van der Waals surface area contributed by atoms with Crippen LogP contribution >= 0.6 is 39.9 Å². The molecule has 0 amide bonds. The van der Waals surface area contributed by atoms with Crippen LogP contribution in [0.4, 0.5) is 0 Å². The molecule has 0 aromatic heterocycles. The van der Waals surface area contributed by atoms with Gasteiger partial charge in [0, 0.05) is 28.2 Å². The van der Waals surface area contributed by atoms with Crippen molar-refractivity contribution in [2.45, 2.75) is 6.54 Å². The summed E-state index contributed by atoms with van der Waals surface area (Å²) < 4.78 is 11.5. The maximum atomic E-state index is 5.34. The number of aliphatic imine (C=N–C) groups is 1. The molecule has 0 saturated carbocycles. The number of benzene rings is 1. The first kappa shape index (κ1) is 20.3. The number of hydrogen-bond donors (Lipinski definition) is 0. The Balaban J connectivity index is 0.00000400. The molecule has 0 heterocycles. The molecule has 0 aliphatic rings. The zero-order valence-corrected chi connectivity index (χ0v) is 17.2. The Bertz CT molecular complexity index is 483. The first-order chi connectivity index (χ1) is 9.40. The normalized spacial score (nSPS) is 9.48. The Morgan fingerprint density at radius 3 is 2.10 bits per heavy atom. The van der Waals surface area contributed by atoms with E-state index < -0.39 is 0 Å². The predicted octanol–water partition coefficient (Wildman–Crippen LogP) is 3.06. The van der Waals surface area contributed by atoms with E-state index in [4.69, 9.17) is 9.47 Å². The zero-order valence-electron chi connectivity index (χ0n) is 13.3. The minimum atomic E-state index is 0. The van der Waals surface area contributed by atoms with Crippen LogP contribution in [0.2, 0.25) is 0 Å². The fraction of sp³-hybridized carbons (Fsp3) is 0.500. The average molecular weight is 472 g/mol. The third kappa shape index (κ3) is 5.54. The monoisotopic (exact) mass is 471 g/mol. The summed E-state index contributed by atoms with van der Waals surface area (Å²) in [6.45, 7) is 0.574. The van der Waals surface area contributed by atoms with Crippen LogP contribution in [0.15, 0.2) is 21.6 Å². The van der Waals surface area contributed by atoms with E-state index in [9.17, 15) is 0 Å². The average Bonchev–Trinajstić information content (AvgIpc) is 2.37. The summed E-state index contributed by atoms with van der Waals surface area (Å²) in [5, 5.41) is 0. The van der Waals surface area contributed by atoms with Crippen molar-refractivity contribution < 1.29 is 9.47 Å². The molecule has 21 heavy (non-hydrogen) atoms. The van der Waals surface area contributed by atoms with Gasteiger partial charge >= 0.3 is 0 Å². The molecule has 0 saturated heterocycles. The van der Waals surface area contributed by atoms with Crippen LogP contribution in [0.3, 0.4) is 0 Å². The molecule has 0 bridgehead atoms. The molecule has 0 spiro atoms. The summed E-state index contributed by atoms with van der Waals surface area (Å²) in [6, 6.07) is 3.93. The minimum Gasteiger partial charge on any atom is -0.493 e. The van der Waals surface area contributed by atoms with Gasteiger partial charge in [0.2, 0.25) is 0 Å². The fourth-order valence-electron chi connectivity index (χ4n) is 1.91. The first-order valence-electron chi connectivity index (χ1n) is 6.20. The number of rotatable bonds is 4. The number of methoxy groups -OCH3 is 2. The number of guanidine groups is 1. The van der Waals surface area contributed by atoms with Crippen LogP contribution in [-0.2, 0) is 6.54 Å². The lowest BCUT2D eigenvalue weighted by Crippen LogP contribution is -2.35. The van der Waals surface area contributed by atoms with E-state index in [1.165, 1.54) is 0 Å². The van der Waals surface area contributed by atoms with Gasteiger partial charge in [0.25, 0.3) is 0 Å². The SMILES string of the molecule is COc1cc(CN=C(N(C)C)N(C)C)cc(Br)c1OC.I. The quantitative estimate of drug-likeness (QED) is 0.384. The Labute approximate surface area is 152 Å². The van der Waals surface area contributed by atoms with E-state index in [-0.39, 0.29) is 24.0 Å². The number of nitrogens with zero attached hydrogens (tertiary/aromatic N) is 3. The molecule has 0 atom stereocenters. The highest BCUT2D eigenvalue weighted by Gasteiger charge is 2.11. The number of ether oxygens (including phenoxy) is 2. The molecule has 7 heteroatoms. The maximum Gasteiger partial charge on any atom is 0.195 e. The molecule has 0 unspecified atom stereocenters. The largest absolute Gasteiger partial charge is 0.493 e. The van der Waals surface area contributed by atoms with Crippen LogP contribution in [0.1, 0.15) is 5.56 Å². The Kier molecular flexibility index (Phi) is 9.03. The van der Waals surface area contributed by atoms with Gasteiger partial charge in [-0.1, -0.05) is 0 Å². The molecule has 5 nitrogen and oxygen atoms in total. The second-order valence-electron chi connectivity index (χ2n) is 4.72. The van der Waals surface area contributed by atoms with Crippen molar-refractivity contribution in [3.8, 4) is 11.5 Å². The number of hydrogen-bond acceptors (Lipinski definition) is 3. The summed E-state index contributed by atoms with van der Waals surface area (Å²) in [4.78, 5) is 8.58. The Morgan fingerprint density at radius 2 is 1.67 bits per heavy atom. The lowest BCUT2D eigenvalue weighted by Gasteiger charge is -2.22. The topological polar surface area (TPSA) is 37.3 Å². The van der Waals surface area contributed by atoms with E-state index in [1.54, 1.807) is 14.2 Å². The lowest BCUT2D eigenvalue weighted by atomic mass is 10.2. The van der Waals surface area contributed by atoms with Crippen molar-refractivity contribution in [3.63, 3.8) is 0 Å². The van der Waals surface area contributed by atoms with Gasteiger partial charge in [0.15, 0.2) is 17.5 Å². The second kappa shape index (κ2) is 9.34. The summed E-state index contributed by atoms with van der Waals surface area (Å²) in [6.07, 6.45) is 0. The Hall–Kier alpha value is -0.700. The first-order valence-corrected chi connectivity index (χ1v) is 6.99. The van der Waals surface area contributed by atoms with Crippen molar-refractivity contribution in [1.82, 2.24) is 9.80 Å². The summed E-state index contributed by atoms with van der Waals surface area (Å²) >= 11 is 3.49. The number of halogens is 2. The molecule has 1 aromatic rings. The van der Waals surface area contributed by atoms with E-state index in [0.29, 0.717) is 18.0 Å².